The predicted molar refractivity (Wildman–Crippen MR) is 104 cm³/mol. The molecule has 0 saturated carbocycles. The summed E-state index contributed by atoms with van der Waals surface area (Å²) in [6.07, 6.45) is 2.75. The van der Waals surface area contributed by atoms with E-state index in [-0.39, 0.29) is 5.56 Å². The number of fused-ring (bicyclic) bond motifs is 1. The summed E-state index contributed by atoms with van der Waals surface area (Å²) in [5.41, 5.74) is 2.02. The minimum atomic E-state index is -2.96. The first kappa shape index (κ1) is 20.4. The van der Waals surface area contributed by atoms with Crippen molar-refractivity contribution in [2.24, 2.45) is 7.05 Å². The van der Waals surface area contributed by atoms with Crippen molar-refractivity contribution in [3.05, 3.63) is 30.1 Å². The number of pyridine rings is 2. The molecule has 0 atom stereocenters. The van der Waals surface area contributed by atoms with Crippen molar-refractivity contribution in [1.82, 2.24) is 19.5 Å². The predicted octanol–water partition coefficient (Wildman–Crippen LogP) is 4.07. The van der Waals surface area contributed by atoms with E-state index in [4.69, 9.17) is 7.85 Å². The second-order valence-corrected chi connectivity index (χ2v) is 6.80. The van der Waals surface area contributed by atoms with Crippen LogP contribution >= 0.6 is 11.8 Å². The van der Waals surface area contributed by atoms with Gasteiger partial charge in [0.15, 0.2) is 11.5 Å². The first-order chi connectivity index (χ1) is 12.3. The van der Waals surface area contributed by atoms with Gasteiger partial charge in [0.2, 0.25) is 0 Å². The molecule has 0 aliphatic carbocycles. The number of rotatable bonds is 4. The molecule has 3 aromatic rings. The molecule has 0 saturated heterocycles. The zero-order chi connectivity index (χ0) is 19.5. The Kier molecular flexibility index (Phi) is 6.39. The normalized spacial score (nSPS) is 11.3. The van der Waals surface area contributed by atoms with Crippen LogP contribution < -0.4 is 5.46 Å². The van der Waals surface area contributed by atoms with Crippen LogP contribution in [0.4, 0.5) is 8.78 Å². The number of aromatic nitrogens is 4. The average Bonchev–Trinajstić information content (AvgIpc) is 2.93. The van der Waals surface area contributed by atoms with Crippen molar-refractivity contribution in [3.63, 3.8) is 0 Å². The minimum absolute atomic E-state index is 0.159. The molecule has 0 aliphatic rings. The summed E-state index contributed by atoms with van der Waals surface area (Å²) in [4.78, 5) is 13.9. The molecule has 4 nitrogen and oxygen atoms in total. The Morgan fingerprint density at radius 1 is 1.19 bits per heavy atom. The lowest BCUT2D eigenvalue weighted by Crippen LogP contribution is -2.07. The van der Waals surface area contributed by atoms with Gasteiger partial charge < -0.3 is 4.57 Å². The molecule has 136 valence electrons. The molecule has 0 bridgehead atoms. The van der Waals surface area contributed by atoms with E-state index >= 15 is 0 Å². The van der Waals surface area contributed by atoms with E-state index in [9.17, 15) is 8.78 Å². The molecule has 0 N–H and O–H groups in total. The summed E-state index contributed by atoms with van der Waals surface area (Å²) in [5, 5.41) is 0. The fourth-order valence-electron chi connectivity index (χ4n) is 2.42. The van der Waals surface area contributed by atoms with Crippen molar-refractivity contribution < 1.29 is 8.78 Å². The van der Waals surface area contributed by atoms with Gasteiger partial charge in [-0.25, -0.2) is 18.7 Å². The van der Waals surface area contributed by atoms with Crippen LogP contribution in [0.5, 0.6) is 0 Å². The van der Waals surface area contributed by atoms with E-state index in [1.54, 1.807) is 29.6 Å². The summed E-state index contributed by atoms with van der Waals surface area (Å²) < 4.78 is 28.8. The summed E-state index contributed by atoms with van der Waals surface area (Å²) >= 11 is 1.60. The van der Waals surface area contributed by atoms with Crippen molar-refractivity contribution in [1.29, 1.82) is 0 Å². The SMILES string of the molecule is CC.[B]c1cnc(-c2nc3cc(C(C)(F)F)cnc3n2C)c(SCC)c1. The van der Waals surface area contributed by atoms with E-state index in [2.05, 4.69) is 15.0 Å². The molecular formula is C18H21BF2N4S. The molecule has 3 heterocycles. The van der Waals surface area contributed by atoms with Crippen molar-refractivity contribution >= 4 is 36.2 Å². The number of imidazole rings is 1. The first-order valence-corrected chi connectivity index (χ1v) is 9.39. The molecule has 3 aromatic heterocycles. The largest absolute Gasteiger partial charge is 0.310 e. The van der Waals surface area contributed by atoms with Gasteiger partial charge in [-0.15, -0.1) is 11.8 Å². The van der Waals surface area contributed by atoms with E-state index < -0.39 is 5.92 Å². The molecule has 0 amide bonds. The molecule has 3 rings (SSSR count). The molecule has 0 fully saturated rings. The van der Waals surface area contributed by atoms with Crippen LogP contribution in [0.2, 0.25) is 0 Å². The van der Waals surface area contributed by atoms with Gasteiger partial charge in [0.1, 0.15) is 19.1 Å². The Hall–Kier alpha value is -1.96. The number of hydrogen-bond acceptors (Lipinski definition) is 4. The topological polar surface area (TPSA) is 43.6 Å². The fraction of sp³-hybridized carbons (Fsp3) is 0.389. The van der Waals surface area contributed by atoms with Crippen LogP contribution in [-0.4, -0.2) is 33.1 Å². The molecular weight excluding hydrogens is 353 g/mol. The third kappa shape index (κ3) is 4.06. The van der Waals surface area contributed by atoms with Crippen LogP contribution in [0.3, 0.4) is 0 Å². The average molecular weight is 374 g/mol. The van der Waals surface area contributed by atoms with Gasteiger partial charge in [0.05, 0.1) is 0 Å². The molecule has 2 radical (unpaired) electrons. The Balaban J connectivity index is 0.00000117. The Morgan fingerprint density at radius 3 is 2.50 bits per heavy atom. The number of thioether (sulfide) groups is 1. The van der Waals surface area contributed by atoms with E-state index in [0.717, 1.165) is 17.6 Å². The summed E-state index contributed by atoms with van der Waals surface area (Å²) in [5.74, 6) is -1.53. The first-order valence-electron chi connectivity index (χ1n) is 8.40. The van der Waals surface area contributed by atoms with Crippen molar-refractivity contribution in [2.75, 3.05) is 5.75 Å². The summed E-state index contributed by atoms with van der Waals surface area (Å²) in [6, 6.07) is 3.21. The molecule has 26 heavy (non-hydrogen) atoms. The van der Waals surface area contributed by atoms with Crippen LogP contribution in [-0.2, 0) is 13.0 Å². The number of nitrogens with zero attached hydrogens (tertiary/aromatic N) is 4. The van der Waals surface area contributed by atoms with Gasteiger partial charge in [0.25, 0.3) is 5.92 Å². The van der Waals surface area contributed by atoms with Crippen LogP contribution in [0.25, 0.3) is 22.7 Å². The van der Waals surface area contributed by atoms with E-state index in [1.807, 2.05) is 26.8 Å². The van der Waals surface area contributed by atoms with E-state index in [0.29, 0.717) is 28.1 Å². The van der Waals surface area contributed by atoms with Gasteiger partial charge in [-0.1, -0.05) is 32.3 Å². The highest BCUT2D eigenvalue weighted by Crippen LogP contribution is 2.32. The fourth-order valence-corrected chi connectivity index (χ4v) is 3.23. The summed E-state index contributed by atoms with van der Waals surface area (Å²) in [6.45, 7) is 6.88. The third-order valence-corrected chi connectivity index (χ3v) is 4.51. The highest BCUT2D eigenvalue weighted by molar-refractivity contribution is 7.99. The van der Waals surface area contributed by atoms with Crippen LogP contribution in [0, 0.1) is 0 Å². The van der Waals surface area contributed by atoms with Gasteiger partial charge >= 0.3 is 0 Å². The van der Waals surface area contributed by atoms with Gasteiger partial charge in [-0.3, -0.25) is 4.98 Å². The quantitative estimate of drug-likeness (QED) is 0.510. The lowest BCUT2D eigenvalue weighted by molar-refractivity contribution is 0.0172. The maximum atomic E-state index is 13.5. The summed E-state index contributed by atoms with van der Waals surface area (Å²) in [7, 11) is 7.61. The number of halogens is 2. The molecule has 0 aromatic carbocycles. The minimum Gasteiger partial charge on any atom is -0.310 e. The Labute approximate surface area is 157 Å². The third-order valence-electron chi connectivity index (χ3n) is 3.60. The van der Waals surface area contributed by atoms with Gasteiger partial charge in [-0.2, -0.15) is 0 Å². The second-order valence-electron chi connectivity index (χ2n) is 5.50. The zero-order valence-electron chi connectivity index (χ0n) is 15.5. The lowest BCUT2D eigenvalue weighted by atomic mass is 9.99. The molecule has 8 heteroatoms. The smallest absolute Gasteiger partial charge is 0.272 e. The molecule has 0 aliphatic heterocycles. The molecule has 0 spiro atoms. The van der Waals surface area contributed by atoms with E-state index in [1.165, 1.54) is 12.3 Å². The van der Waals surface area contributed by atoms with Crippen LogP contribution in [0.15, 0.2) is 29.4 Å². The maximum absolute atomic E-state index is 13.5. The Morgan fingerprint density at radius 2 is 1.88 bits per heavy atom. The lowest BCUT2D eigenvalue weighted by Gasteiger charge is -2.09. The van der Waals surface area contributed by atoms with Crippen molar-refractivity contribution in [3.8, 4) is 11.5 Å². The zero-order valence-corrected chi connectivity index (χ0v) is 16.4. The second kappa shape index (κ2) is 8.16. The molecule has 0 unspecified atom stereocenters. The highest BCUT2D eigenvalue weighted by atomic mass is 32.2. The highest BCUT2D eigenvalue weighted by Gasteiger charge is 2.26. The number of aryl methyl sites for hydroxylation is 1. The monoisotopic (exact) mass is 374 g/mol. The van der Waals surface area contributed by atoms with Gasteiger partial charge in [-0.05, 0) is 11.8 Å². The maximum Gasteiger partial charge on any atom is 0.272 e. The standard InChI is InChI=1S/C16H15BF2N4S.C2H6/c1-4-24-12-6-10(17)8-20-13(12)15-22-11-5-9(16(2,18)19)7-21-14(11)23(15)3;1-2/h5-8H,4H2,1-3H3;1-2H3. The number of hydrogen-bond donors (Lipinski definition) is 0. The van der Waals surface area contributed by atoms with Crippen LogP contribution in [0.1, 0.15) is 33.3 Å². The number of alkyl halides is 2. The van der Waals surface area contributed by atoms with Gasteiger partial charge in [0, 0.05) is 36.8 Å². The Bertz CT molecular complexity index is 906. The van der Waals surface area contributed by atoms with Crippen molar-refractivity contribution in [2.45, 2.75) is 38.5 Å².